The third-order valence-electron chi connectivity index (χ3n) is 7.95. The fourth-order valence-electron chi connectivity index (χ4n) is 5.64. The van der Waals surface area contributed by atoms with E-state index in [0.717, 1.165) is 69.0 Å². The highest BCUT2D eigenvalue weighted by Gasteiger charge is 2.27. The normalized spacial score (nSPS) is 18.2. The Morgan fingerprint density at radius 2 is 1.68 bits per heavy atom. The summed E-state index contributed by atoms with van der Waals surface area (Å²) in [6.07, 6.45) is 6.04. The number of aromatic nitrogens is 4. The number of rotatable bonds is 7. The van der Waals surface area contributed by atoms with E-state index in [-0.39, 0.29) is 11.9 Å². The summed E-state index contributed by atoms with van der Waals surface area (Å²) in [5.74, 6) is 1.15. The van der Waals surface area contributed by atoms with Crippen molar-refractivity contribution in [3.05, 3.63) is 73.4 Å². The summed E-state index contributed by atoms with van der Waals surface area (Å²) < 4.78 is 2.14. The van der Waals surface area contributed by atoms with E-state index in [0.29, 0.717) is 24.0 Å². The average Bonchev–Trinajstić information content (AvgIpc) is 3.17. The van der Waals surface area contributed by atoms with Gasteiger partial charge in [-0.2, -0.15) is 4.98 Å². The van der Waals surface area contributed by atoms with Gasteiger partial charge in [0.15, 0.2) is 5.65 Å². The first-order valence-electron chi connectivity index (χ1n) is 14.4. The van der Waals surface area contributed by atoms with E-state index in [1.807, 2.05) is 35.2 Å². The van der Waals surface area contributed by atoms with Gasteiger partial charge in [-0.25, -0.2) is 9.97 Å². The number of hydrogen-bond donors (Lipinski definition) is 2. The Morgan fingerprint density at radius 1 is 0.927 bits per heavy atom. The third-order valence-corrected chi connectivity index (χ3v) is 7.95. The molecule has 4 aromatic rings. The second-order valence-electron chi connectivity index (χ2n) is 10.8. The van der Waals surface area contributed by atoms with Crippen LogP contribution in [0.3, 0.4) is 0 Å². The Hall–Kier alpha value is -4.44. The number of imidazole rings is 1. The van der Waals surface area contributed by atoms with Gasteiger partial charge in [-0.3, -0.25) is 9.36 Å². The van der Waals surface area contributed by atoms with Crippen LogP contribution in [0.25, 0.3) is 11.2 Å². The Kier molecular flexibility index (Phi) is 7.82. The molecule has 2 fully saturated rings. The van der Waals surface area contributed by atoms with Crippen molar-refractivity contribution in [3.8, 4) is 0 Å². The number of hydrogen-bond acceptors (Lipinski definition) is 8. The maximum atomic E-state index is 12.6. The molecule has 10 heteroatoms. The lowest BCUT2D eigenvalue weighted by molar-refractivity contribution is -0.126. The van der Waals surface area contributed by atoms with Crippen LogP contribution in [0.15, 0.2) is 73.4 Å². The number of piperazine rings is 1. The maximum Gasteiger partial charge on any atom is 0.246 e. The third kappa shape index (κ3) is 6.02. The van der Waals surface area contributed by atoms with Gasteiger partial charge < -0.3 is 25.3 Å². The summed E-state index contributed by atoms with van der Waals surface area (Å²) in [4.78, 5) is 33.7. The number of likely N-dealkylation sites (N-methyl/N-ethyl adjacent to an activating group) is 1. The molecule has 2 N–H and O–H groups in total. The highest BCUT2D eigenvalue weighted by Crippen LogP contribution is 2.31. The van der Waals surface area contributed by atoms with Crippen LogP contribution >= 0.6 is 0 Å². The highest BCUT2D eigenvalue weighted by molar-refractivity contribution is 5.87. The van der Waals surface area contributed by atoms with Crippen LogP contribution in [0.1, 0.15) is 25.3 Å². The van der Waals surface area contributed by atoms with Crippen LogP contribution in [0.4, 0.5) is 29.0 Å². The Balaban J connectivity index is 1.31. The van der Waals surface area contributed by atoms with Crippen molar-refractivity contribution in [1.29, 1.82) is 0 Å². The van der Waals surface area contributed by atoms with Gasteiger partial charge in [0, 0.05) is 56.3 Å². The number of fused-ring (bicyclic) bond motifs is 1. The van der Waals surface area contributed by atoms with Crippen LogP contribution in [0, 0.1) is 0 Å². The van der Waals surface area contributed by atoms with Crippen molar-refractivity contribution in [3.63, 3.8) is 0 Å². The number of carbonyl (C=O) groups is 1. The predicted molar refractivity (Wildman–Crippen MR) is 164 cm³/mol. The maximum absolute atomic E-state index is 12.6. The van der Waals surface area contributed by atoms with E-state index >= 15 is 0 Å². The van der Waals surface area contributed by atoms with Gasteiger partial charge in [-0.05, 0) is 68.8 Å². The number of para-hydroxylation sites is 1. The van der Waals surface area contributed by atoms with Gasteiger partial charge in [-0.15, -0.1) is 0 Å². The lowest BCUT2D eigenvalue weighted by atomic mass is 10.1. The zero-order valence-corrected chi connectivity index (χ0v) is 23.5. The number of benzene rings is 2. The van der Waals surface area contributed by atoms with Gasteiger partial charge in [-0.1, -0.05) is 24.8 Å². The van der Waals surface area contributed by atoms with E-state index in [2.05, 4.69) is 67.9 Å². The summed E-state index contributed by atoms with van der Waals surface area (Å²) in [6.45, 7) is 9.21. The summed E-state index contributed by atoms with van der Waals surface area (Å²) in [5, 5.41) is 6.86. The molecule has 10 nitrogen and oxygen atoms in total. The van der Waals surface area contributed by atoms with Crippen LogP contribution < -0.4 is 15.5 Å². The van der Waals surface area contributed by atoms with Gasteiger partial charge >= 0.3 is 0 Å². The summed E-state index contributed by atoms with van der Waals surface area (Å²) in [7, 11) is 2.17. The molecule has 0 spiro atoms. The molecule has 6 rings (SSSR count). The molecule has 1 amide bonds. The first-order chi connectivity index (χ1) is 20.1. The summed E-state index contributed by atoms with van der Waals surface area (Å²) in [6, 6.07) is 18.4. The zero-order valence-electron chi connectivity index (χ0n) is 23.5. The Morgan fingerprint density at radius 3 is 2.44 bits per heavy atom. The zero-order chi connectivity index (χ0) is 28.2. The molecule has 212 valence electrons. The van der Waals surface area contributed by atoms with Crippen molar-refractivity contribution >= 4 is 46.0 Å². The second kappa shape index (κ2) is 12.0. The molecule has 0 bridgehead atoms. The van der Waals surface area contributed by atoms with Crippen LogP contribution in [-0.2, 0) is 4.79 Å². The summed E-state index contributed by atoms with van der Waals surface area (Å²) in [5.41, 5.74) is 4.51. The molecule has 2 aromatic heterocycles. The van der Waals surface area contributed by atoms with Crippen molar-refractivity contribution < 1.29 is 4.79 Å². The minimum absolute atomic E-state index is 0.00299. The largest absolute Gasteiger partial charge is 0.369 e. The molecule has 2 aliphatic heterocycles. The number of amides is 1. The molecule has 0 radical (unpaired) electrons. The highest BCUT2D eigenvalue weighted by atomic mass is 16.2. The van der Waals surface area contributed by atoms with E-state index in [9.17, 15) is 4.79 Å². The van der Waals surface area contributed by atoms with Gasteiger partial charge in [0.25, 0.3) is 0 Å². The SMILES string of the molecule is C=CC(=O)N1CCCCC(n2c(Nc3ccccc3)nc3cnc(Nc4ccc(N5CCN(C)CC5)cc4)nc32)C1. The number of anilines is 5. The van der Waals surface area contributed by atoms with Gasteiger partial charge in [0.2, 0.25) is 17.8 Å². The minimum Gasteiger partial charge on any atom is -0.369 e. The molecule has 2 aromatic carbocycles. The van der Waals surface area contributed by atoms with E-state index < -0.39 is 0 Å². The van der Waals surface area contributed by atoms with Gasteiger partial charge in [0.1, 0.15) is 5.52 Å². The molecule has 1 unspecified atom stereocenters. The molecule has 4 heterocycles. The number of nitrogens with zero attached hydrogens (tertiary/aromatic N) is 7. The molecular formula is C31H37N9O. The topological polar surface area (TPSA) is 94.4 Å². The molecule has 41 heavy (non-hydrogen) atoms. The quantitative estimate of drug-likeness (QED) is 0.316. The van der Waals surface area contributed by atoms with E-state index in [1.54, 1.807) is 6.20 Å². The van der Waals surface area contributed by atoms with Gasteiger partial charge in [0.05, 0.1) is 12.2 Å². The average molecular weight is 552 g/mol. The number of carbonyl (C=O) groups excluding carboxylic acids is 1. The van der Waals surface area contributed by atoms with E-state index in [4.69, 9.17) is 9.97 Å². The van der Waals surface area contributed by atoms with Crippen LogP contribution in [0.5, 0.6) is 0 Å². The molecule has 1 atom stereocenters. The van der Waals surface area contributed by atoms with Crippen LogP contribution in [-0.4, -0.2) is 81.5 Å². The van der Waals surface area contributed by atoms with Crippen molar-refractivity contribution in [1.82, 2.24) is 29.3 Å². The Labute approximate surface area is 240 Å². The second-order valence-corrected chi connectivity index (χ2v) is 10.8. The lowest BCUT2D eigenvalue weighted by Gasteiger charge is -2.34. The Bertz CT molecular complexity index is 1490. The smallest absolute Gasteiger partial charge is 0.246 e. The summed E-state index contributed by atoms with van der Waals surface area (Å²) >= 11 is 0. The number of likely N-dealkylation sites (tertiary alicyclic amines) is 1. The molecule has 2 saturated heterocycles. The fourth-order valence-corrected chi connectivity index (χ4v) is 5.64. The van der Waals surface area contributed by atoms with Crippen molar-refractivity contribution in [2.75, 3.05) is 61.8 Å². The minimum atomic E-state index is -0.0455. The standard InChI is InChI=1S/C31H37N9O/c1-3-28(41)39-16-8-7-11-26(22-39)40-29-27(35-31(40)34-23-9-5-4-6-10-23)21-32-30(36-29)33-24-12-14-25(15-13-24)38-19-17-37(2)18-20-38/h3-6,9-10,12-15,21,26H,1,7-8,11,16-20,22H2,2H3,(H,34,35)(H,32,33,36). The monoisotopic (exact) mass is 551 g/mol. The lowest BCUT2D eigenvalue weighted by Crippen LogP contribution is -2.44. The molecule has 0 aliphatic carbocycles. The van der Waals surface area contributed by atoms with Crippen molar-refractivity contribution in [2.24, 2.45) is 0 Å². The first kappa shape index (κ1) is 26.8. The van der Waals surface area contributed by atoms with Crippen molar-refractivity contribution in [2.45, 2.75) is 25.3 Å². The number of nitrogens with one attached hydrogen (secondary N) is 2. The van der Waals surface area contributed by atoms with E-state index in [1.165, 1.54) is 11.8 Å². The molecular weight excluding hydrogens is 514 g/mol. The molecule has 0 saturated carbocycles. The van der Waals surface area contributed by atoms with Crippen LogP contribution in [0.2, 0.25) is 0 Å². The predicted octanol–water partition coefficient (Wildman–Crippen LogP) is 4.80. The fraction of sp³-hybridized carbons (Fsp3) is 0.355. The molecule has 2 aliphatic rings. The first-order valence-corrected chi connectivity index (χ1v) is 14.4.